The average Bonchev–Trinajstić information content (AvgIpc) is 2.01. The van der Waals surface area contributed by atoms with Crippen molar-refractivity contribution in [1.82, 2.24) is 0 Å². The summed E-state index contributed by atoms with van der Waals surface area (Å²) < 4.78 is 23.2. The highest BCUT2D eigenvalue weighted by atomic mass is 32.2. The van der Waals surface area contributed by atoms with Crippen LogP contribution >= 0.6 is 0 Å². The van der Waals surface area contributed by atoms with Crippen LogP contribution in [0.25, 0.3) is 0 Å². The molecule has 0 fully saturated rings. The first kappa shape index (κ1) is 13.4. The molecule has 0 aromatic heterocycles. The van der Waals surface area contributed by atoms with E-state index in [1.807, 2.05) is 13.8 Å². The van der Waals surface area contributed by atoms with Gasteiger partial charge in [0.05, 0.1) is 5.25 Å². The smallest absolute Gasteiger partial charge is 0.232 e. The van der Waals surface area contributed by atoms with E-state index in [9.17, 15) is 13.2 Å². The first-order valence-electron chi connectivity index (χ1n) is 4.93. The van der Waals surface area contributed by atoms with Crippen LogP contribution in [-0.4, -0.2) is 25.3 Å². The van der Waals surface area contributed by atoms with Crippen LogP contribution in [0.3, 0.4) is 0 Å². The van der Waals surface area contributed by atoms with Gasteiger partial charge in [-0.05, 0) is 12.8 Å². The fourth-order valence-electron chi connectivity index (χ4n) is 1.46. The lowest BCUT2D eigenvalue weighted by Crippen LogP contribution is -2.31. The molecule has 0 saturated carbocycles. The van der Waals surface area contributed by atoms with Gasteiger partial charge in [0.1, 0.15) is 5.75 Å². The number of nitrogens with two attached hydrogens (primary N) is 1. The third-order valence-corrected chi connectivity index (χ3v) is 4.25. The number of hydrogen-bond acceptors (Lipinski definition) is 3. The second-order valence-electron chi connectivity index (χ2n) is 3.47. The summed E-state index contributed by atoms with van der Waals surface area (Å²) in [6.45, 7) is 3.87. The molecule has 0 bridgehead atoms. The molecule has 0 aromatic rings. The largest absolute Gasteiger partial charge is 0.369 e. The van der Waals surface area contributed by atoms with Gasteiger partial charge in [-0.25, -0.2) is 8.42 Å². The highest BCUT2D eigenvalue weighted by Crippen LogP contribution is 2.15. The molecule has 0 aliphatic carbocycles. The lowest BCUT2D eigenvalue weighted by molar-refractivity contribution is -0.115. The summed E-state index contributed by atoms with van der Waals surface area (Å²) in [5, 5.41) is -0.398. The summed E-state index contributed by atoms with van der Waals surface area (Å²) in [4.78, 5) is 10.6. The maximum Gasteiger partial charge on any atom is 0.232 e. The van der Waals surface area contributed by atoms with Crippen LogP contribution in [0, 0.1) is 0 Å². The minimum atomic E-state index is -3.32. The fourth-order valence-corrected chi connectivity index (χ4v) is 3.29. The highest BCUT2D eigenvalue weighted by molar-refractivity contribution is 7.92. The summed E-state index contributed by atoms with van der Waals surface area (Å²) in [5.41, 5.74) is 4.89. The number of rotatable bonds is 7. The Bertz CT molecular complexity index is 266. The first-order chi connectivity index (χ1) is 6.44. The Morgan fingerprint density at radius 1 is 1.21 bits per heavy atom. The topological polar surface area (TPSA) is 77.2 Å². The van der Waals surface area contributed by atoms with Crippen LogP contribution in [0.5, 0.6) is 0 Å². The van der Waals surface area contributed by atoms with Crippen molar-refractivity contribution in [3.8, 4) is 0 Å². The third-order valence-electron chi connectivity index (χ3n) is 2.07. The minimum absolute atomic E-state index is 0.398. The van der Waals surface area contributed by atoms with Crippen molar-refractivity contribution in [2.24, 2.45) is 5.73 Å². The highest BCUT2D eigenvalue weighted by Gasteiger charge is 2.25. The van der Waals surface area contributed by atoms with Crippen molar-refractivity contribution >= 4 is 15.7 Å². The van der Waals surface area contributed by atoms with Gasteiger partial charge in [-0.2, -0.15) is 0 Å². The predicted molar refractivity (Wildman–Crippen MR) is 56.6 cm³/mol. The average molecular weight is 221 g/mol. The van der Waals surface area contributed by atoms with Crippen LogP contribution in [0.4, 0.5) is 0 Å². The zero-order valence-electron chi connectivity index (χ0n) is 8.82. The Morgan fingerprint density at radius 2 is 1.64 bits per heavy atom. The molecule has 0 unspecified atom stereocenters. The van der Waals surface area contributed by atoms with Crippen molar-refractivity contribution in [1.29, 1.82) is 0 Å². The second-order valence-corrected chi connectivity index (χ2v) is 5.75. The van der Waals surface area contributed by atoms with Crippen LogP contribution < -0.4 is 5.73 Å². The van der Waals surface area contributed by atoms with Gasteiger partial charge in [0.25, 0.3) is 0 Å². The molecule has 0 atom stereocenters. The standard InChI is InChI=1S/C9H19NO3S/c1-3-5-8(6-4-2)14(12,13)7-9(10)11/h8H,3-7H2,1-2H3,(H2,10,11). The summed E-state index contributed by atoms with van der Waals surface area (Å²) in [6, 6.07) is 0. The van der Waals surface area contributed by atoms with E-state index in [1.165, 1.54) is 0 Å². The second kappa shape index (κ2) is 6.01. The quantitative estimate of drug-likeness (QED) is 0.692. The number of primary amides is 1. The molecule has 0 aliphatic rings. The van der Waals surface area contributed by atoms with E-state index in [4.69, 9.17) is 5.73 Å². The van der Waals surface area contributed by atoms with Crippen molar-refractivity contribution in [2.45, 2.75) is 44.8 Å². The zero-order valence-corrected chi connectivity index (χ0v) is 9.64. The lowest BCUT2D eigenvalue weighted by atomic mass is 10.2. The summed E-state index contributed by atoms with van der Waals surface area (Å²) >= 11 is 0. The van der Waals surface area contributed by atoms with Gasteiger partial charge in [-0.1, -0.05) is 26.7 Å². The number of hydrogen-bond donors (Lipinski definition) is 1. The summed E-state index contributed by atoms with van der Waals surface area (Å²) in [5.74, 6) is -1.28. The molecular weight excluding hydrogens is 202 g/mol. The van der Waals surface area contributed by atoms with Crippen molar-refractivity contribution in [3.05, 3.63) is 0 Å². The molecule has 4 nitrogen and oxygen atoms in total. The number of amides is 1. The molecule has 5 heteroatoms. The van der Waals surface area contributed by atoms with E-state index in [0.717, 1.165) is 12.8 Å². The zero-order chi connectivity index (χ0) is 11.2. The molecule has 0 saturated heterocycles. The minimum Gasteiger partial charge on any atom is -0.369 e. The predicted octanol–water partition coefficient (Wildman–Crippen LogP) is 0.855. The molecular formula is C9H19NO3S. The number of carbonyl (C=O) groups is 1. The molecule has 0 aromatic carbocycles. The number of sulfone groups is 1. The molecule has 84 valence electrons. The molecule has 2 N–H and O–H groups in total. The van der Waals surface area contributed by atoms with Crippen molar-refractivity contribution < 1.29 is 13.2 Å². The Morgan fingerprint density at radius 3 is 1.93 bits per heavy atom. The van der Waals surface area contributed by atoms with Crippen LogP contribution in [0.2, 0.25) is 0 Å². The molecule has 1 amide bonds. The van der Waals surface area contributed by atoms with E-state index in [-0.39, 0.29) is 0 Å². The van der Waals surface area contributed by atoms with Gasteiger partial charge >= 0.3 is 0 Å². The van der Waals surface area contributed by atoms with Crippen LogP contribution in [0.1, 0.15) is 39.5 Å². The molecule has 0 aliphatic heterocycles. The summed E-state index contributed by atoms with van der Waals surface area (Å²) in [7, 11) is -3.32. The van der Waals surface area contributed by atoms with Gasteiger partial charge in [-0.15, -0.1) is 0 Å². The first-order valence-corrected chi connectivity index (χ1v) is 6.65. The van der Waals surface area contributed by atoms with Gasteiger partial charge < -0.3 is 5.73 Å². The van der Waals surface area contributed by atoms with E-state index in [2.05, 4.69) is 0 Å². The van der Waals surface area contributed by atoms with Crippen LogP contribution in [-0.2, 0) is 14.6 Å². The number of carbonyl (C=O) groups excluding carboxylic acids is 1. The van der Waals surface area contributed by atoms with Gasteiger partial charge in [-0.3, -0.25) is 4.79 Å². The molecule has 0 radical (unpaired) electrons. The van der Waals surface area contributed by atoms with E-state index >= 15 is 0 Å². The molecule has 0 heterocycles. The fraction of sp³-hybridized carbons (Fsp3) is 0.889. The lowest BCUT2D eigenvalue weighted by Gasteiger charge is -2.14. The Labute approximate surface area is 85.8 Å². The Hall–Kier alpha value is -0.580. The van der Waals surface area contributed by atoms with Crippen molar-refractivity contribution in [3.63, 3.8) is 0 Å². The van der Waals surface area contributed by atoms with Crippen molar-refractivity contribution in [2.75, 3.05) is 5.75 Å². The van der Waals surface area contributed by atoms with Gasteiger partial charge in [0.15, 0.2) is 9.84 Å². The molecule has 0 spiro atoms. The van der Waals surface area contributed by atoms with Gasteiger partial charge in [0, 0.05) is 0 Å². The Kier molecular flexibility index (Phi) is 5.76. The Balaban J connectivity index is 4.53. The maximum absolute atomic E-state index is 11.6. The SMILES string of the molecule is CCCC(CCC)S(=O)(=O)CC(N)=O. The molecule has 14 heavy (non-hydrogen) atoms. The van der Waals surface area contributed by atoms with Crippen LogP contribution in [0.15, 0.2) is 0 Å². The summed E-state index contributed by atoms with van der Waals surface area (Å²) in [6.07, 6.45) is 2.85. The van der Waals surface area contributed by atoms with Gasteiger partial charge in [0.2, 0.25) is 5.91 Å². The van der Waals surface area contributed by atoms with E-state index in [1.54, 1.807) is 0 Å². The maximum atomic E-state index is 11.6. The normalized spacial score (nSPS) is 11.9. The van der Waals surface area contributed by atoms with E-state index in [0.29, 0.717) is 12.8 Å². The third kappa shape index (κ3) is 4.60. The molecule has 0 rings (SSSR count). The monoisotopic (exact) mass is 221 g/mol. The van der Waals surface area contributed by atoms with E-state index < -0.39 is 26.7 Å².